The van der Waals surface area contributed by atoms with Crippen LogP contribution < -0.4 is 10.1 Å². The molecule has 0 aliphatic rings. The fourth-order valence-electron chi connectivity index (χ4n) is 3.00. The van der Waals surface area contributed by atoms with Gasteiger partial charge in [0.2, 0.25) is 0 Å². The largest absolute Gasteiger partial charge is 0.494 e. The lowest BCUT2D eigenvalue weighted by Crippen LogP contribution is -2.27. The lowest BCUT2D eigenvalue weighted by Gasteiger charge is -2.06. The number of nitrogens with zero attached hydrogens (tertiary/aromatic N) is 3. The van der Waals surface area contributed by atoms with E-state index in [-0.39, 0.29) is 5.57 Å². The van der Waals surface area contributed by atoms with E-state index in [2.05, 4.69) is 5.32 Å². The van der Waals surface area contributed by atoms with Gasteiger partial charge in [-0.3, -0.25) is 4.79 Å². The molecule has 3 rings (SSSR count). The third-order valence-corrected chi connectivity index (χ3v) is 4.44. The van der Waals surface area contributed by atoms with Crippen molar-refractivity contribution in [3.63, 3.8) is 0 Å². The van der Waals surface area contributed by atoms with Gasteiger partial charge in [-0.1, -0.05) is 30.3 Å². The summed E-state index contributed by atoms with van der Waals surface area (Å²) < 4.78 is 12.3. The second-order valence-corrected chi connectivity index (χ2v) is 6.59. The maximum atomic E-state index is 12.4. The Morgan fingerprint density at radius 2 is 2.03 bits per heavy atom. The van der Waals surface area contributed by atoms with Crippen molar-refractivity contribution in [3.05, 3.63) is 71.9 Å². The molecule has 7 nitrogen and oxygen atoms in total. The van der Waals surface area contributed by atoms with Crippen molar-refractivity contribution in [3.8, 4) is 28.8 Å². The Balaban J connectivity index is 2.05. The average molecular weight is 416 g/mol. The predicted molar refractivity (Wildman–Crippen MR) is 119 cm³/mol. The molecule has 1 N–H and O–H groups in total. The van der Waals surface area contributed by atoms with Crippen LogP contribution in [0.25, 0.3) is 23.0 Å². The van der Waals surface area contributed by atoms with Gasteiger partial charge in [0.25, 0.3) is 5.91 Å². The molecule has 1 heterocycles. The van der Waals surface area contributed by atoms with Crippen LogP contribution in [-0.4, -0.2) is 42.6 Å². The number of amides is 1. The van der Waals surface area contributed by atoms with Crippen LogP contribution in [0.2, 0.25) is 0 Å². The summed E-state index contributed by atoms with van der Waals surface area (Å²) in [6.45, 7) is 3.16. The first-order valence-electron chi connectivity index (χ1n) is 9.93. The Bertz CT molecular complexity index is 1100. The molecule has 0 saturated heterocycles. The normalized spacial score (nSPS) is 11.1. The first-order valence-corrected chi connectivity index (χ1v) is 9.93. The molecule has 7 heteroatoms. The molecule has 0 atom stereocenters. The summed E-state index contributed by atoms with van der Waals surface area (Å²) in [5, 5.41) is 17.0. The maximum Gasteiger partial charge on any atom is 0.262 e. The summed E-state index contributed by atoms with van der Waals surface area (Å²) in [5.74, 6) is 0.267. The maximum absolute atomic E-state index is 12.4. The highest BCUT2D eigenvalue weighted by atomic mass is 16.5. The van der Waals surface area contributed by atoms with Crippen LogP contribution in [0, 0.1) is 11.3 Å². The van der Waals surface area contributed by atoms with E-state index in [1.165, 1.54) is 0 Å². The van der Waals surface area contributed by atoms with Gasteiger partial charge in [-0.25, -0.2) is 4.68 Å². The number of nitriles is 1. The highest BCUT2D eigenvalue weighted by Crippen LogP contribution is 2.28. The van der Waals surface area contributed by atoms with Crippen LogP contribution in [0.3, 0.4) is 0 Å². The lowest BCUT2D eigenvalue weighted by atomic mass is 10.1. The van der Waals surface area contributed by atoms with E-state index >= 15 is 0 Å². The van der Waals surface area contributed by atoms with Crippen molar-refractivity contribution in [1.29, 1.82) is 5.26 Å². The Hall–Kier alpha value is -3.89. The molecule has 3 aromatic rings. The number of para-hydroxylation sites is 1. The summed E-state index contributed by atoms with van der Waals surface area (Å²) >= 11 is 0. The molecule has 1 amide bonds. The monoisotopic (exact) mass is 416 g/mol. The summed E-state index contributed by atoms with van der Waals surface area (Å²) in [5.41, 5.74) is 2.97. The van der Waals surface area contributed by atoms with E-state index in [0.717, 1.165) is 17.0 Å². The molecule has 31 heavy (non-hydrogen) atoms. The van der Waals surface area contributed by atoms with Gasteiger partial charge in [0.05, 0.1) is 18.9 Å². The first kappa shape index (κ1) is 21.8. The second kappa shape index (κ2) is 10.8. The molecule has 1 aromatic heterocycles. The molecular weight excluding hydrogens is 392 g/mol. The lowest BCUT2D eigenvalue weighted by molar-refractivity contribution is -0.117. The molecule has 2 aromatic carbocycles. The Morgan fingerprint density at radius 1 is 1.23 bits per heavy atom. The number of hydrogen-bond acceptors (Lipinski definition) is 5. The van der Waals surface area contributed by atoms with E-state index in [1.807, 2.05) is 67.6 Å². The van der Waals surface area contributed by atoms with E-state index in [1.54, 1.807) is 24.1 Å². The van der Waals surface area contributed by atoms with Gasteiger partial charge in [-0.05, 0) is 37.3 Å². The zero-order chi connectivity index (χ0) is 22.1. The molecule has 0 fully saturated rings. The first-order chi connectivity index (χ1) is 15.2. The van der Waals surface area contributed by atoms with Crippen molar-refractivity contribution >= 4 is 12.0 Å². The molecule has 158 valence electrons. The number of aromatic nitrogens is 2. The van der Waals surface area contributed by atoms with Crippen LogP contribution in [0.4, 0.5) is 0 Å². The minimum Gasteiger partial charge on any atom is -0.494 e. The molecule has 0 saturated carbocycles. The van der Waals surface area contributed by atoms with Crippen molar-refractivity contribution in [1.82, 2.24) is 15.1 Å². The zero-order valence-corrected chi connectivity index (χ0v) is 17.5. The van der Waals surface area contributed by atoms with Crippen LogP contribution in [-0.2, 0) is 9.53 Å². The molecule has 0 spiro atoms. The van der Waals surface area contributed by atoms with E-state index in [0.29, 0.717) is 31.0 Å². The van der Waals surface area contributed by atoms with Gasteiger partial charge in [0.1, 0.15) is 23.1 Å². The molecule has 0 aliphatic carbocycles. The topological polar surface area (TPSA) is 89.2 Å². The molecule has 0 bridgehead atoms. The van der Waals surface area contributed by atoms with Crippen molar-refractivity contribution in [2.75, 3.05) is 26.9 Å². The van der Waals surface area contributed by atoms with E-state index < -0.39 is 5.91 Å². The number of rotatable bonds is 9. The fourth-order valence-corrected chi connectivity index (χ4v) is 3.00. The number of nitrogens with one attached hydrogen (secondary N) is 1. The number of ether oxygens (including phenoxy) is 2. The highest BCUT2D eigenvalue weighted by molar-refractivity contribution is 6.02. The quantitative estimate of drug-likeness (QED) is 0.327. The summed E-state index contributed by atoms with van der Waals surface area (Å²) in [7, 11) is 1.55. The summed E-state index contributed by atoms with van der Waals surface area (Å²) in [6.07, 6.45) is 3.36. The van der Waals surface area contributed by atoms with E-state index in [4.69, 9.17) is 14.6 Å². The van der Waals surface area contributed by atoms with Crippen LogP contribution >= 0.6 is 0 Å². The van der Waals surface area contributed by atoms with Gasteiger partial charge < -0.3 is 14.8 Å². The van der Waals surface area contributed by atoms with Gasteiger partial charge in [-0.2, -0.15) is 10.4 Å². The average Bonchev–Trinajstić information content (AvgIpc) is 3.22. The second-order valence-electron chi connectivity index (χ2n) is 6.59. The van der Waals surface area contributed by atoms with Gasteiger partial charge in [0.15, 0.2) is 0 Å². The van der Waals surface area contributed by atoms with Crippen molar-refractivity contribution in [2.24, 2.45) is 0 Å². The summed E-state index contributed by atoms with van der Waals surface area (Å²) in [6, 6.07) is 19.2. The third-order valence-electron chi connectivity index (χ3n) is 4.44. The molecule has 0 radical (unpaired) electrons. The molecule has 0 aliphatic heterocycles. The number of hydrogen-bond donors (Lipinski definition) is 1. The van der Waals surface area contributed by atoms with Gasteiger partial charge in [-0.15, -0.1) is 0 Å². The number of carbonyl (C=O) groups excluding carboxylic acids is 1. The standard InChI is InChI=1S/C24H24N4O3/c1-3-31-22-11-7-8-18(15-22)23-20(14-19(16-25)24(29)26-12-13-30-2)17-28(27-23)21-9-5-4-6-10-21/h4-11,14-15,17H,3,12-13H2,1-2H3,(H,26,29)/b19-14+. The van der Waals surface area contributed by atoms with Crippen LogP contribution in [0.5, 0.6) is 5.75 Å². The summed E-state index contributed by atoms with van der Waals surface area (Å²) in [4.78, 5) is 12.4. The van der Waals surface area contributed by atoms with Gasteiger partial charge in [0, 0.05) is 31.0 Å². The van der Waals surface area contributed by atoms with Crippen molar-refractivity contribution < 1.29 is 14.3 Å². The minimum atomic E-state index is -0.457. The zero-order valence-electron chi connectivity index (χ0n) is 17.5. The Morgan fingerprint density at radius 3 is 2.74 bits per heavy atom. The highest BCUT2D eigenvalue weighted by Gasteiger charge is 2.15. The predicted octanol–water partition coefficient (Wildman–Crippen LogP) is 3.61. The molecule has 0 unspecified atom stereocenters. The SMILES string of the molecule is CCOc1cccc(-c2nn(-c3ccccc3)cc2/C=C(\C#N)C(=O)NCCOC)c1. The van der Waals surface area contributed by atoms with Crippen LogP contribution in [0.1, 0.15) is 12.5 Å². The Labute approximate surface area is 181 Å². The Kier molecular flexibility index (Phi) is 7.57. The van der Waals surface area contributed by atoms with Crippen molar-refractivity contribution in [2.45, 2.75) is 6.92 Å². The fraction of sp³-hybridized carbons (Fsp3) is 0.208. The third kappa shape index (κ3) is 5.59. The number of benzene rings is 2. The minimum absolute atomic E-state index is 0.00840. The smallest absolute Gasteiger partial charge is 0.262 e. The van der Waals surface area contributed by atoms with Crippen LogP contribution in [0.15, 0.2) is 66.4 Å². The van der Waals surface area contributed by atoms with E-state index in [9.17, 15) is 10.1 Å². The number of methoxy groups -OCH3 is 1. The number of carbonyl (C=O) groups is 1. The van der Waals surface area contributed by atoms with Gasteiger partial charge >= 0.3 is 0 Å². The molecular formula is C24H24N4O3.